The summed E-state index contributed by atoms with van der Waals surface area (Å²) in [5.41, 5.74) is 2.46. The van der Waals surface area contributed by atoms with Crippen LogP contribution in [0.2, 0.25) is 0 Å². The van der Waals surface area contributed by atoms with E-state index in [1.54, 1.807) is 0 Å². The Morgan fingerprint density at radius 2 is 1.40 bits per heavy atom. The van der Waals surface area contributed by atoms with Crippen molar-refractivity contribution in [2.24, 2.45) is 0 Å². The Labute approximate surface area is 124 Å². The van der Waals surface area contributed by atoms with Crippen molar-refractivity contribution < 1.29 is 9.47 Å². The minimum Gasteiger partial charge on any atom is -0.490 e. The van der Waals surface area contributed by atoms with E-state index in [1.807, 2.05) is 6.07 Å². The number of hydrogen-bond donors (Lipinski definition) is 0. The number of rotatable bonds is 10. The van der Waals surface area contributed by atoms with Crippen molar-refractivity contribution in [2.45, 2.75) is 66.2 Å². The molecule has 0 saturated heterocycles. The summed E-state index contributed by atoms with van der Waals surface area (Å²) in [6, 6.07) is 4.16. The Morgan fingerprint density at radius 1 is 0.800 bits per heavy atom. The van der Waals surface area contributed by atoms with Gasteiger partial charge in [-0.05, 0) is 43.9 Å². The molecule has 1 aromatic carbocycles. The van der Waals surface area contributed by atoms with Gasteiger partial charge in [0.15, 0.2) is 11.5 Å². The largest absolute Gasteiger partial charge is 0.490 e. The zero-order valence-corrected chi connectivity index (χ0v) is 13.6. The zero-order valence-electron chi connectivity index (χ0n) is 13.6. The van der Waals surface area contributed by atoms with Crippen LogP contribution in [0.15, 0.2) is 12.1 Å². The molecule has 0 amide bonds. The molecule has 0 saturated carbocycles. The van der Waals surface area contributed by atoms with Crippen molar-refractivity contribution in [3.8, 4) is 11.5 Å². The van der Waals surface area contributed by atoms with Crippen molar-refractivity contribution in [1.82, 2.24) is 0 Å². The van der Waals surface area contributed by atoms with Crippen LogP contribution >= 0.6 is 0 Å². The summed E-state index contributed by atoms with van der Waals surface area (Å²) in [6.45, 7) is 10.2. The first-order valence-corrected chi connectivity index (χ1v) is 8.06. The second-order valence-electron chi connectivity index (χ2n) is 5.45. The predicted molar refractivity (Wildman–Crippen MR) is 86.0 cm³/mol. The lowest BCUT2D eigenvalue weighted by molar-refractivity contribution is 0.258. The molecule has 0 heterocycles. The van der Waals surface area contributed by atoms with Crippen LogP contribution < -0.4 is 9.47 Å². The highest BCUT2D eigenvalue weighted by molar-refractivity contribution is 5.49. The van der Waals surface area contributed by atoms with Crippen molar-refractivity contribution >= 4 is 0 Å². The van der Waals surface area contributed by atoms with Gasteiger partial charge in [-0.15, -0.1) is 0 Å². The second kappa shape index (κ2) is 9.68. The van der Waals surface area contributed by atoms with E-state index in [9.17, 15) is 0 Å². The highest BCUT2D eigenvalue weighted by Crippen LogP contribution is 2.33. The molecule has 0 fully saturated rings. The lowest BCUT2D eigenvalue weighted by Gasteiger charge is -2.16. The Morgan fingerprint density at radius 3 is 2.00 bits per heavy atom. The van der Waals surface area contributed by atoms with E-state index in [4.69, 9.17) is 9.47 Å². The molecule has 0 spiro atoms. The number of ether oxygens (including phenoxy) is 2. The van der Waals surface area contributed by atoms with Crippen LogP contribution in [-0.4, -0.2) is 13.2 Å². The summed E-state index contributed by atoms with van der Waals surface area (Å²) in [5.74, 6) is 1.85. The highest BCUT2D eigenvalue weighted by atomic mass is 16.5. The van der Waals surface area contributed by atoms with Crippen LogP contribution in [-0.2, 0) is 0 Å². The molecule has 114 valence electrons. The maximum atomic E-state index is 5.98. The molecule has 0 aliphatic rings. The molecule has 1 rings (SSSR count). The fourth-order valence-electron chi connectivity index (χ4n) is 2.12. The molecule has 0 aromatic heterocycles. The van der Waals surface area contributed by atoms with Gasteiger partial charge in [-0.1, -0.05) is 45.6 Å². The Kier molecular flexibility index (Phi) is 8.17. The summed E-state index contributed by atoms with van der Waals surface area (Å²) in [7, 11) is 0. The summed E-state index contributed by atoms with van der Waals surface area (Å²) < 4.78 is 11.9. The standard InChI is InChI=1S/C18H30O2/c1-5-7-9-13-19-17-12-11-15(3)16(4)18(17)20-14-10-8-6-2/h11-12H,5-10,13-14H2,1-4H3. The minimum atomic E-state index is 0.779. The zero-order chi connectivity index (χ0) is 14.8. The van der Waals surface area contributed by atoms with Gasteiger partial charge < -0.3 is 9.47 Å². The van der Waals surface area contributed by atoms with Crippen molar-refractivity contribution in [1.29, 1.82) is 0 Å². The van der Waals surface area contributed by atoms with Crippen molar-refractivity contribution in [2.75, 3.05) is 13.2 Å². The van der Waals surface area contributed by atoms with Crippen LogP contribution in [0.5, 0.6) is 11.5 Å². The van der Waals surface area contributed by atoms with Gasteiger partial charge in [0.1, 0.15) is 0 Å². The van der Waals surface area contributed by atoms with Crippen LogP contribution in [0.1, 0.15) is 63.5 Å². The first-order chi connectivity index (χ1) is 9.70. The SMILES string of the molecule is CCCCCOc1ccc(C)c(C)c1OCCCCC. The molecule has 0 aliphatic carbocycles. The highest BCUT2D eigenvalue weighted by Gasteiger charge is 2.10. The van der Waals surface area contributed by atoms with Crippen LogP contribution in [0.25, 0.3) is 0 Å². The fourth-order valence-corrected chi connectivity index (χ4v) is 2.12. The monoisotopic (exact) mass is 278 g/mol. The summed E-state index contributed by atoms with van der Waals surface area (Å²) in [4.78, 5) is 0. The average molecular weight is 278 g/mol. The van der Waals surface area contributed by atoms with Crippen LogP contribution in [0, 0.1) is 13.8 Å². The van der Waals surface area contributed by atoms with Gasteiger partial charge in [0.05, 0.1) is 13.2 Å². The lowest BCUT2D eigenvalue weighted by Crippen LogP contribution is -2.04. The molecule has 2 nitrogen and oxygen atoms in total. The molecule has 0 radical (unpaired) electrons. The van der Waals surface area contributed by atoms with Gasteiger partial charge in [-0.3, -0.25) is 0 Å². The summed E-state index contributed by atoms with van der Waals surface area (Å²) in [6.07, 6.45) is 7.10. The Hall–Kier alpha value is -1.18. The molecule has 0 bridgehead atoms. The first kappa shape index (κ1) is 16.9. The average Bonchev–Trinajstić information content (AvgIpc) is 2.45. The first-order valence-electron chi connectivity index (χ1n) is 8.06. The van der Waals surface area contributed by atoms with E-state index in [1.165, 1.54) is 36.8 Å². The third-order valence-corrected chi connectivity index (χ3v) is 3.64. The van der Waals surface area contributed by atoms with Gasteiger partial charge in [-0.25, -0.2) is 0 Å². The fraction of sp³-hybridized carbons (Fsp3) is 0.667. The third-order valence-electron chi connectivity index (χ3n) is 3.64. The number of unbranched alkanes of at least 4 members (excludes halogenated alkanes) is 4. The van der Waals surface area contributed by atoms with E-state index >= 15 is 0 Å². The van der Waals surface area contributed by atoms with Gasteiger partial charge in [-0.2, -0.15) is 0 Å². The topological polar surface area (TPSA) is 18.5 Å². The quantitative estimate of drug-likeness (QED) is 0.530. The van der Waals surface area contributed by atoms with E-state index in [-0.39, 0.29) is 0 Å². The van der Waals surface area contributed by atoms with Crippen molar-refractivity contribution in [3.63, 3.8) is 0 Å². The number of hydrogen-bond acceptors (Lipinski definition) is 2. The van der Waals surface area contributed by atoms with Gasteiger partial charge in [0.2, 0.25) is 0 Å². The van der Waals surface area contributed by atoms with Crippen LogP contribution in [0.4, 0.5) is 0 Å². The summed E-state index contributed by atoms with van der Waals surface area (Å²) >= 11 is 0. The molecule has 20 heavy (non-hydrogen) atoms. The van der Waals surface area contributed by atoms with Crippen LogP contribution in [0.3, 0.4) is 0 Å². The molecular formula is C18H30O2. The molecular weight excluding hydrogens is 248 g/mol. The molecule has 2 heteroatoms. The van der Waals surface area contributed by atoms with E-state index in [2.05, 4.69) is 33.8 Å². The molecule has 0 atom stereocenters. The van der Waals surface area contributed by atoms with E-state index in [0.29, 0.717) is 0 Å². The maximum Gasteiger partial charge on any atom is 0.164 e. The van der Waals surface area contributed by atoms with Gasteiger partial charge >= 0.3 is 0 Å². The Bertz CT molecular complexity index is 385. The smallest absolute Gasteiger partial charge is 0.164 e. The van der Waals surface area contributed by atoms with E-state index < -0.39 is 0 Å². The number of benzene rings is 1. The predicted octanol–water partition coefficient (Wildman–Crippen LogP) is 5.44. The lowest BCUT2D eigenvalue weighted by atomic mass is 10.1. The van der Waals surface area contributed by atoms with Gasteiger partial charge in [0, 0.05) is 0 Å². The molecule has 1 aromatic rings. The summed E-state index contributed by atoms with van der Waals surface area (Å²) in [5, 5.41) is 0. The maximum absolute atomic E-state index is 5.98. The Balaban J connectivity index is 2.64. The molecule has 0 unspecified atom stereocenters. The van der Waals surface area contributed by atoms with Crippen molar-refractivity contribution in [3.05, 3.63) is 23.3 Å². The van der Waals surface area contributed by atoms with E-state index in [0.717, 1.165) is 37.6 Å². The number of aryl methyl sites for hydroxylation is 1. The normalized spacial score (nSPS) is 10.6. The third kappa shape index (κ3) is 5.44. The molecule has 0 N–H and O–H groups in total. The van der Waals surface area contributed by atoms with Gasteiger partial charge in [0.25, 0.3) is 0 Å². The second-order valence-corrected chi connectivity index (χ2v) is 5.45. The molecule has 0 aliphatic heterocycles. The minimum absolute atomic E-state index is 0.779.